The highest BCUT2D eigenvalue weighted by Crippen LogP contribution is 2.38. The van der Waals surface area contributed by atoms with Crippen LogP contribution in [0.5, 0.6) is 0 Å². The van der Waals surface area contributed by atoms with Gasteiger partial charge in [0.15, 0.2) is 0 Å². The number of esters is 1. The normalized spacial score (nSPS) is 14.0. The van der Waals surface area contributed by atoms with E-state index < -0.39 is 26.6 Å². The highest BCUT2D eigenvalue weighted by molar-refractivity contribution is 7.45. The van der Waals surface area contributed by atoms with Crippen molar-refractivity contribution in [2.75, 3.05) is 40.9 Å². The average Bonchev–Trinajstić information content (AvgIpc) is 3.44. The number of hydrogen-bond donors (Lipinski definition) is 1. The lowest BCUT2D eigenvalue weighted by molar-refractivity contribution is -0.870. The summed E-state index contributed by atoms with van der Waals surface area (Å²) in [6, 6.07) is -0.896. The maximum atomic E-state index is 13.5. The summed E-state index contributed by atoms with van der Waals surface area (Å²) in [6.45, 7) is 6.71. The van der Waals surface area contributed by atoms with Gasteiger partial charge in [0.1, 0.15) is 19.3 Å². The van der Waals surface area contributed by atoms with Crippen LogP contribution in [0.2, 0.25) is 0 Å². The molecule has 1 N–H and O–H groups in total. The molecule has 0 saturated heterocycles. The number of ether oxygens (including phenoxy) is 1. The van der Waals surface area contributed by atoms with Gasteiger partial charge in [-0.1, -0.05) is 293 Å². The van der Waals surface area contributed by atoms with Crippen molar-refractivity contribution in [3.05, 3.63) is 72.9 Å². The van der Waals surface area contributed by atoms with Gasteiger partial charge in [-0.05, 0) is 83.1 Å². The van der Waals surface area contributed by atoms with E-state index in [2.05, 4.69) is 86.8 Å². The molecule has 0 rings (SSSR count). The molecule has 0 aromatic heterocycles. The van der Waals surface area contributed by atoms with Gasteiger partial charge in [-0.25, -0.2) is 0 Å². The third kappa shape index (κ3) is 61.8. The van der Waals surface area contributed by atoms with E-state index in [4.69, 9.17) is 13.8 Å². The van der Waals surface area contributed by atoms with Crippen molar-refractivity contribution in [3.8, 4) is 0 Å². The number of hydrogen-bond acceptors (Lipinski definition) is 7. The number of unbranched alkanes of at least 4 members (excludes halogenated alkanes) is 38. The van der Waals surface area contributed by atoms with E-state index >= 15 is 0 Å². The van der Waals surface area contributed by atoms with Gasteiger partial charge in [-0.2, -0.15) is 0 Å². The number of nitrogens with one attached hydrogen (secondary N) is 1. The Morgan fingerprint density at radius 3 is 1.30 bits per heavy atom. The minimum absolute atomic E-state index is 0.0258. The molecule has 0 spiro atoms. The summed E-state index contributed by atoms with van der Waals surface area (Å²) in [7, 11) is 1.18. The van der Waals surface area contributed by atoms with E-state index in [0.717, 1.165) is 83.5 Å². The predicted octanol–water partition coefficient (Wildman–Crippen LogP) is 20.9. The summed E-state index contributed by atoms with van der Waals surface area (Å²) in [6.07, 6.45) is 78.8. The third-order valence-corrected chi connectivity index (χ3v) is 16.1. The molecule has 472 valence electrons. The molecule has 3 unspecified atom stereocenters. The molecule has 9 nitrogen and oxygen atoms in total. The zero-order valence-corrected chi connectivity index (χ0v) is 54.9. The van der Waals surface area contributed by atoms with E-state index in [0.29, 0.717) is 17.4 Å². The highest BCUT2D eigenvalue weighted by Gasteiger charge is 2.27. The van der Waals surface area contributed by atoms with Crippen LogP contribution in [0, 0.1) is 0 Å². The van der Waals surface area contributed by atoms with Crippen LogP contribution in [0.3, 0.4) is 0 Å². The van der Waals surface area contributed by atoms with Gasteiger partial charge >= 0.3 is 5.97 Å². The Labute approximate surface area is 502 Å². The number of amides is 1. The van der Waals surface area contributed by atoms with Crippen molar-refractivity contribution in [2.24, 2.45) is 0 Å². The predicted molar refractivity (Wildman–Crippen MR) is 348 cm³/mol. The topological polar surface area (TPSA) is 114 Å². The zero-order valence-electron chi connectivity index (χ0n) is 54.0. The molecule has 0 radical (unpaired) electrons. The number of quaternary nitrogens is 1. The zero-order chi connectivity index (χ0) is 59.3. The van der Waals surface area contributed by atoms with Crippen molar-refractivity contribution in [1.82, 2.24) is 5.32 Å². The van der Waals surface area contributed by atoms with Crippen molar-refractivity contribution in [1.29, 1.82) is 0 Å². The second-order valence-electron chi connectivity index (χ2n) is 24.4. The van der Waals surface area contributed by atoms with Crippen LogP contribution >= 0.6 is 7.82 Å². The first-order valence-corrected chi connectivity index (χ1v) is 35.7. The third-order valence-electron chi connectivity index (χ3n) is 15.2. The second-order valence-corrected chi connectivity index (χ2v) is 25.8. The van der Waals surface area contributed by atoms with E-state index in [9.17, 15) is 19.0 Å². The monoisotopic (exact) mass is 1150 g/mol. The lowest BCUT2D eigenvalue weighted by atomic mass is 10.0. The number of carbonyl (C=O) groups is 2. The quantitative estimate of drug-likeness (QED) is 0.0161. The highest BCUT2D eigenvalue weighted by atomic mass is 31.2. The fourth-order valence-electron chi connectivity index (χ4n) is 9.91. The number of carbonyl (C=O) groups excluding carboxylic acids is 2. The molecule has 0 saturated carbocycles. The number of allylic oxidation sites excluding steroid dienone is 11. The minimum atomic E-state index is -4.71. The van der Waals surface area contributed by atoms with Crippen molar-refractivity contribution >= 4 is 19.7 Å². The lowest BCUT2D eigenvalue weighted by Gasteiger charge is -2.30. The molecular weight excluding hydrogens is 1020 g/mol. The molecule has 3 atom stereocenters. The summed E-state index contributed by atoms with van der Waals surface area (Å²) in [5, 5.41) is 3.03. The maximum Gasteiger partial charge on any atom is 0.306 e. The van der Waals surface area contributed by atoms with Gasteiger partial charge in [-0.15, -0.1) is 0 Å². The SMILES string of the molecule is CC/C=C/C=C/C=C/CCCCCCCCCC(=O)NC(COP(=O)([O-])OCC[N+](C)(C)C)C(/C=C\CCCCCCCCCCCCC)OC(=O)CCCCCCCCCCCCCCCCCCC/C=C\C/C=C\CCCCC. The molecule has 0 fully saturated rings. The van der Waals surface area contributed by atoms with E-state index in [1.54, 1.807) is 0 Å². The summed E-state index contributed by atoms with van der Waals surface area (Å²) >= 11 is 0. The number of nitrogens with zero attached hydrogens (tertiary/aromatic N) is 1. The van der Waals surface area contributed by atoms with Gasteiger partial charge in [0.2, 0.25) is 5.91 Å². The summed E-state index contributed by atoms with van der Waals surface area (Å²) < 4.78 is 30.4. The largest absolute Gasteiger partial charge is 0.756 e. The average molecular weight is 1160 g/mol. The summed E-state index contributed by atoms with van der Waals surface area (Å²) in [4.78, 5) is 40.1. The van der Waals surface area contributed by atoms with Gasteiger partial charge in [0.05, 0.1) is 33.8 Å². The van der Waals surface area contributed by atoms with Crippen LogP contribution in [0.1, 0.15) is 316 Å². The molecule has 1 amide bonds. The molecule has 0 aromatic carbocycles. The van der Waals surface area contributed by atoms with Crippen LogP contribution < -0.4 is 10.2 Å². The first kappa shape index (κ1) is 78.5. The Balaban J connectivity index is 5.04. The van der Waals surface area contributed by atoms with Gasteiger partial charge < -0.3 is 28.5 Å². The van der Waals surface area contributed by atoms with Crippen LogP contribution in [0.4, 0.5) is 0 Å². The molecule has 0 aliphatic carbocycles. The minimum Gasteiger partial charge on any atom is -0.756 e. The Kier molecular flexibility index (Phi) is 58.7. The maximum absolute atomic E-state index is 13.5. The van der Waals surface area contributed by atoms with Crippen molar-refractivity contribution in [2.45, 2.75) is 328 Å². The Bertz CT molecular complexity index is 1620. The molecule has 0 aromatic rings. The first-order valence-electron chi connectivity index (χ1n) is 34.3. The fourth-order valence-corrected chi connectivity index (χ4v) is 10.6. The van der Waals surface area contributed by atoms with Crippen LogP contribution in [0.15, 0.2) is 72.9 Å². The van der Waals surface area contributed by atoms with Crippen LogP contribution in [-0.4, -0.2) is 69.4 Å². The standard InChI is InChI=1S/C71H131N2O7P/c1-7-10-13-16-19-22-25-28-30-31-32-33-34-35-36-37-38-39-40-41-43-46-49-52-55-58-61-64-71(75)80-69(62-59-56-53-50-47-44-27-24-21-18-15-12-9-3)68(67-79-81(76,77)78-66-65-73(4,5)6)72-70(74)63-60-57-54-51-48-45-42-29-26-23-20-17-14-11-8-2/h11,14,17,19-20,22-23,26,28,30,59,62,68-69H,7-10,12-13,15-16,18,21,24-25,27,29,31-58,60-61,63-67H2,1-6H3,(H-,72,74,76,77)/b14-11+,20-17+,22-19-,26-23+,30-28-,62-59-. The lowest BCUT2D eigenvalue weighted by Crippen LogP contribution is -2.47. The van der Waals surface area contributed by atoms with E-state index in [1.165, 1.54) is 199 Å². The van der Waals surface area contributed by atoms with Gasteiger partial charge in [0, 0.05) is 12.8 Å². The molecule has 0 aliphatic heterocycles. The van der Waals surface area contributed by atoms with Crippen LogP contribution in [-0.2, 0) is 27.9 Å². The smallest absolute Gasteiger partial charge is 0.306 e. The summed E-state index contributed by atoms with van der Waals surface area (Å²) in [5.74, 6) is -0.546. The fraction of sp³-hybridized carbons (Fsp3) is 0.803. The molecule has 0 bridgehead atoms. The summed E-state index contributed by atoms with van der Waals surface area (Å²) in [5.41, 5.74) is 0. The van der Waals surface area contributed by atoms with Gasteiger partial charge in [-0.3, -0.25) is 14.2 Å². The molecule has 10 heteroatoms. The van der Waals surface area contributed by atoms with Crippen LogP contribution in [0.25, 0.3) is 0 Å². The number of likely N-dealkylation sites (N-methyl/N-ethyl adjacent to an activating group) is 1. The first-order chi connectivity index (χ1) is 39.4. The molecule has 0 aliphatic rings. The molecular formula is C71H131N2O7P. The number of phosphoric acid groups is 1. The second kappa shape index (κ2) is 60.6. The van der Waals surface area contributed by atoms with Gasteiger partial charge in [0.25, 0.3) is 7.82 Å². The van der Waals surface area contributed by atoms with E-state index in [1.807, 2.05) is 33.3 Å². The van der Waals surface area contributed by atoms with Crippen molar-refractivity contribution < 1.29 is 37.3 Å². The van der Waals surface area contributed by atoms with Crippen molar-refractivity contribution in [3.63, 3.8) is 0 Å². The molecule has 0 heterocycles. The van der Waals surface area contributed by atoms with E-state index in [-0.39, 0.29) is 24.9 Å². The number of rotatable bonds is 62. The number of phosphoric ester groups is 1. The molecule has 81 heavy (non-hydrogen) atoms. The Morgan fingerprint density at radius 1 is 0.457 bits per heavy atom. The Morgan fingerprint density at radius 2 is 0.840 bits per heavy atom. The Hall–Kier alpha value is -2.55.